The molecule has 7 heteroatoms. The van der Waals surface area contributed by atoms with Crippen molar-refractivity contribution < 1.29 is 17.5 Å². The lowest BCUT2D eigenvalue weighted by molar-refractivity contribution is 0.0705. The molecule has 0 radical (unpaired) electrons. The second-order valence-corrected chi connectivity index (χ2v) is 9.66. The van der Waals surface area contributed by atoms with Crippen molar-refractivity contribution in [1.82, 2.24) is 10.2 Å². The van der Waals surface area contributed by atoms with Crippen LogP contribution in [0.2, 0.25) is 0 Å². The van der Waals surface area contributed by atoms with Gasteiger partial charge in [-0.1, -0.05) is 0 Å². The summed E-state index contributed by atoms with van der Waals surface area (Å²) in [6.07, 6.45) is 5.57. The van der Waals surface area contributed by atoms with Gasteiger partial charge in [-0.2, -0.15) is 0 Å². The zero-order valence-corrected chi connectivity index (χ0v) is 16.4. The zero-order valence-electron chi connectivity index (χ0n) is 15.6. The Labute approximate surface area is 155 Å². The summed E-state index contributed by atoms with van der Waals surface area (Å²) in [7, 11) is -3.40. The van der Waals surface area contributed by atoms with Gasteiger partial charge in [0, 0.05) is 38.0 Å². The first-order chi connectivity index (χ1) is 12.3. The molecule has 2 fully saturated rings. The Morgan fingerprint density at radius 1 is 1.27 bits per heavy atom. The van der Waals surface area contributed by atoms with Crippen molar-refractivity contribution in [3.05, 3.63) is 24.0 Å². The Kier molecular flexibility index (Phi) is 6.20. The fraction of sp³-hybridized carbons (Fsp3) is 0.684. The number of ether oxygens (including phenoxy) is 1. The van der Waals surface area contributed by atoms with Crippen molar-refractivity contribution in [1.29, 1.82) is 0 Å². The lowest BCUT2D eigenvalue weighted by atomic mass is 9.85. The van der Waals surface area contributed by atoms with Crippen LogP contribution in [0.1, 0.15) is 32.6 Å². The molecule has 0 bridgehead atoms. The van der Waals surface area contributed by atoms with Gasteiger partial charge < -0.3 is 10.1 Å². The van der Waals surface area contributed by atoms with Crippen LogP contribution in [0.5, 0.6) is 5.75 Å². The lowest BCUT2D eigenvalue weighted by Crippen LogP contribution is -2.54. The second-order valence-electron chi connectivity index (χ2n) is 7.64. The van der Waals surface area contributed by atoms with E-state index in [4.69, 9.17) is 4.74 Å². The Bertz CT molecular complexity index is 717. The van der Waals surface area contributed by atoms with Crippen molar-refractivity contribution in [3.63, 3.8) is 0 Å². The maximum absolute atomic E-state index is 14.1. The summed E-state index contributed by atoms with van der Waals surface area (Å²) in [5.41, 5.74) is 0. The van der Waals surface area contributed by atoms with Crippen molar-refractivity contribution in [2.24, 2.45) is 5.92 Å². The number of nitrogens with zero attached hydrogens (tertiary/aromatic N) is 1. The number of piperazine rings is 1. The monoisotopic (exact) mass is 384 g/mol. The molecule has 1 saturated carbocycles. The minimum atomic E-state index is -3.40. The Morgan fingerprint density at radius 2 is 2.00 bits per heavy atom. The van der Waals surface area contributed by atoms with Gasteiger partial charge in [-0.3, -0.25) is 4.90 Å². The number of halogens is 1. The van der Waals surface area contributed by atoms with Crippen LogP contribution in [0.25, 0.3) is 0 Å². The standard InChI is InChI=1S/C19H29FN2O3S/c1-14-12-21-9-10-22(14)16-5-3-15(4-6-16)13-25-19-8-7-17(11-18(19)20)26(2,23)24/h7-8,11,14-16,21H,3-6,9-10,12-13H2,1-2H3. The Hall–Kier alpha value is -1.18. The summed E-state index contributed by atoms with van der Waals surface area (Å²) < 4.78 is 42.7. The van der Waals surface area contributed by atoms with Crippen LogP contribution in [0, 0.1) is 11.7 Å². The molecule has 1 aromatic rings. The van der Waals surface area contributed by atoms with Crippen LogP contribution in [-0.2, 0) is 9.84 Å². The van der Waals surface area contributed by atoms with E-state index in [1.165, 1.54) is 12.1 Å². The van der Waals surface area contributed by atoms with Crippen molar-refractivity contribution in [2.75, 3.05) is 32.5 Å². The van der Waals surface area contributed by atoms with Gasteiger partial charge in [-0.05, 0) is 56.7 Å². The molecule has 26 heavy (non-hydrogen) atoms. The first-order valence-electron chi connectivity index (χ1n) is 9.43. The van der Waals surface area contributed by atoms with Crippen molar-refractivity contribution >= 4 is 9.84 Å². The first kappa shape index (κ1) is 19.6. The summed E-state index contributed by atoms with van der Waals surface area (Å²) in [4.78, 5) is 2.60. The molecular weight excluding hydrogens is 355 g/mol. The maximum Gasteiger partial charge on any atom is 0.175 e. The van der Waals surface area contributed by atoms with Gasteiger partial charge in [0.05, 0.1) is 11.5 Å². The third kappa shape index (κ3) is 4.75. The van der Waals surface area contributed by atoms with Crippen LogP contribution in [0.4, 0.5) is 4.39 Å². The van der Waals surface area contributed by atoms with Gasteiger partial charge in [0.25, 0.3) is 0 Å². The predicted molar refractivity (Wildman–Crippen MR) is 99.8 cm³/mol. The maximum atomic E-state index is 14.1. The van der Waals surface area contributed by atoms with Crippen molar-refractivity contribution in [2.45, 2.75) is 49.6 Å². The van der Waals surface area contributed by atoms with E-state index in [0.717, 1.165) is 57.6 Å². The van der Waals surface area contributed by atoms with Gasteiger partial charge >= 0.3 is 0 Å². The Balaban J connectivity index is 1.49. The van der Waals surface area contributed by atoms with E-state index in [1.54, 1.807) is 0 Å². The molecule has 5 nitrogen and oxygen atoms in total. The quantitative estimate of drug-likeness (QED) is 0.845. The van der Waals surface area contributed by atoms with E-state index >= 15 is 0 Å². The van der Waals surface area contributed by atoms with Crippen LogP contribution < -0.4 is 10.1 Å². The number of benzene rings is 1. The molecule has 0 aromatic heterocycles. The molecule has 1 heterocycles. The fourth-order valence-corrected chi connectivity index (χ4v) is 4.71. The number of rotatable bonds is 5. The van der Waals surface area contributed by atoms with E-state index in [0.29, 0.717) is 24.6 Å². The van der Waals surface area contributed by atoms with Crippen LogP contribution in [0.3, 0.4) is 0 Å². The van der Waals surface area contributed by atoms with Gasteiger partial charge in [0.2, 0.25) is 0 Å². The van der Waals surface area contributed by atoms with Crippen LogP contribution in [-0.4, -0.2) is 57.9 Å². The summed E-state index contributed by atoms with van der Waals surface area (Å²) >= 11 is 0. The van der Waals surface area contributed by atoms with E-state index in [2.05, 4.69) is 17.1 Å². The molecule has 1 N–H and O–H groups in total. The van der Waals surface area contributed by atoms with Gasteiger partial charge in [0.1, 0.15) is 0 Å². The molecular formula is C19H29FN2O3S. The molecule has 2 aliphatic rings. The van der Waals surface area contributed by atoms with Crippen LogP contribution >= 0.6 is 0 Å². The normalized spacial score (nSPS) is 28.0. The smallest absolute Gasteiger partial charge is 0.175 e. The molecule has 3 rings (SSSR count). The van der Waals surface area contributed by atoms with Gasteiger partial charge in [0.15, 0.2) is 21.4 Å². The highest BCUT2D eigenvalue weighted by Crippen LogP contribution is 2.30. The minimum absolute atomic E-state index is 0.0204. The molecule has 1 unspecified atom stereocenters. The molecule has 1 aliphatic heterocycles. The molecule has 1 aromatic carbocycles. The average Bonchev–Trinajstić information content (AvgIpc) is 2.61. The van der Waals surface area contributed by atoms with E-state index < -0.39 is 15.7 Å². The topological polar surface area (TPSA) is 58.6 Å². The number of hydrogen-bond donors (Lipinski definition) is 1. The van der Waals surface area contributed by atoms with E-state index in [9.17, 15) is 12.8 Å². The van der Waals surface area contributed by atoms with Gasteiger partial charge in [-0.25, -0.2) is 12.8 Å². The van der Waals surface area contributed by atoms with Crippen LogP contribution in [0.15, 0.2) is 23.1 Å². The minimum Gasteiger partial charge on any atom is -0.490 e. The molecule has 1 atom stereocenters. The summed E-state index contributed by atoms with van der Waals surface area (Å²) in [6, 6.07) is 5.09. The van der Waals surface area contributed by atoms with Gasteiger partial charge in [-0.15, -0.1) is 0 Å². The predicted octanol–water partition coefficient (Wildman–Crippen LogP) is 2.46. The van der Waals surface area contributed by atoms with Crippen molar-refractivity contribution in [3.8, 4) is 5.75 Å². The molecule has 1 aliphatic carbocycles. The Morgan fingerprint density at radius 3 is 2.62 bits per heavy atom. The second kappa shape index (κ2) is 8.23. The number of nitrogens with one attached hydrogen (secondary N) is 1. The highest BCUT2D eigenvalue weighted by Gasteiger charge is 2.30. The molecule has 0 spiro atoms. The van der Waals surface area contributed by atoms with E-state index in [-0.39, 0.29) is 10.6 Å². The largest absolute Gasteiger partial charge is 0.490 e. The third-order valence-electron chi connectivity index (χ3n) is 5.64. The SMILES string of the molecule is CC1CNCCN1C1CCC(COc2ccc(S(C)(=O)=O)cc2F)CC1. The summed E-state index contributed by atoms with van der Waals surface area (Å²) in [5, 5.41) is 3.43. The molecule has 146 valence electrons. The molecule has 0 amide bonds. The lowest BCUT2D eigenvalue weighted by Gasteiger charge is -2.43. The number of hydrogen-bond acceptors (Lipinski definition) is 5. The molecule has 1 saturated heterocycles. The summed E-state index contributed by atoms with van der Waals surface area (Å²) in [6.45, 7) is 6.01. The summed E-state index contributed by atoms with van der Waals surface area (Å²) in [5.74, 6) is -0.0510. The van der Waals surface area contributed by atoms with E-state index in [1.807, 2.05) is 0 Å². The third-order valence-corrected chi connectivity index (χ3v) is 6.75. The highest BCUT2D eigenvalue weighted by atomic mass is 32.2. The zero-order chi connectivity index (χ0) is 18.7. The number of sulfone groups is 1. The first-order valence-corrected chi connectivity index (χ1v) is 11.3. The average molecular weight is 385 g/mol. The highest BCUT2D eigenvalue weighted by molar-refractivity contribution is 7.90. The fourth-order valence-electron chi connectivity index (χ4n) is 4.08.